The highest BCUT2D eigenvalue weighted by atomic mass is 14.9. The molecule has 0 bridgehead atoms. The number of rotatable bonds is 6. The molecule has 0 aromatic heterocycles. The first-order chi connectivity index (χ1) is 9.88. The molecule has 2 aliphatic carbocycles. The Hall–Kier alpha value is -0.820. The van der Waals surface area contributed by atoms with Gasteiger partial charge in [-0.25, -0.2) is 0 Å². The van der Waals surface area contributed by atoms with Gasteiger partial charge in [-0.2, -0.15) is 0 Å². The van der Waals surface area contributed by atoms with Crippen LogP contribution in [-0.2, 0) is 6.42 Å². The molecular formula is C19H29N. The number of hydrogen-bond donors (Lipinski definition) is 1. The van der Waals surface area contributed by atoms with Gasteiger partial charge in [0.25, 0.3) is 0 Å². The van der Waals surface area contributed by atoms with Crippen molar-refractivity contribution in [3.63, 3.8) is 0 Å². The lowest BCUT2D eigenvalue weighted by Crippen LogP contribution is -2.39. The van der Waals surface area contributed by atoms with Gasteiger partial charge < -0.3 is 5.32 Å². The van der Waals surface area contributed by atoms with Gasteiger partial charge in [0.15, 0.2) is 0 Å². The van der Waals surface area contributed by atoms with Crippen LogP contribution in [-0.4, -0.2) is 12.6 Å². The molecule has 2 atom stereocenters. The number of aryl methyl sites for hydroxylation is 1. The van der Waals surface area contributed by atoms with E-state index in [1.54, 1.807) is 11.1 Å². The van der Waals surface area contributed by atoms with E-state index in [0.717, 1.165) is 11.8 Å². The quantitative estimate of drug-likeness (QED) is 0.793. The van der Waals surface area contributed by atoms with E-state index in [-0.39, 0.29) is 0 Å². The van der Waals surface area contributed by atoms with Crippen LogP contribution in [0.15, 0.2) is 24.3 Å². The van der Waals surface area contributed by atoms with Gasteiger partial charge in [0.05, 0.1) is 0 Å². The molecule has 1 aromatic carbocycles. The Labute approximate surface area is 124 Å². The molecule has 2 aliphatic rings. The van der Waals surface area contributed by atoms with Crippen LogP contribution in [0.1, 0.15) is 68.9 Å². The van der Waals surface area contributed by atoms with Crippen LogP contribution in [0.4, 0.5) is 0 Å². The molecule has 1 fully saturated rings. The fourth-order valence-corrected chi connectivity index (χ4v) is 4.02. The molecule has 1 saturated carbocycles. The van der Waals surface area contributed by atoms with E-state index >= 15 is 0 Å². The average Bonchev–Trinajstić information content (AvgIpc) is 2.45. The van der Waals surface area contributed by atoms with Crippen molar-refractivity contribution in [1.82, 2.24) is 5.32 Å². The molecular weight excluding hydrogens is 242 g/mol. The first-order valence-electron chi connectivity index (χ1n) is 8.69. The van der Waals surface area contributed by atoms with E-state index in [2.05, 4.69) is 36.5 Å². The average molecular weight is 271 g/mol. The summed E-state index contributed by atoms with van der Waals surface area (Å²) in [6.07, 6.45) is 11.1. The van der Waals surface area contributed by atoms with Crippen molar-refractivity contribution < 1.29 is 0 Å². The van der Waals surface area contributed by atoms with Crippen molar-refractivity contribution in [2.75, 3.05) is 6.54 Å². The van der Waals surface area contributed by atoms with Gasteiger partial charge in [0.1, 0.15) is 0 Å². The fraction of sp³-hybridized carbons (Fsp3) is 0.684. The van der Waals surface area contributed by atoms with Gasteiger partial charge in [-0.3, -0.25) is 0 Å². The van der Waals surface area contributed by atoms with Crippen molar-refractivity contribution in [3.05, 3.63) is 35.4 Å². The Morgan fingerprint density at radius 1 is 1.15 bits per heavy atom. The monoisotopic (exact) mass is 271 g/mol. The van der Waals surface area contributed by atoms with Crippen LogP contribution >= 0.6 is 0 Å². The second kappa shape index (κ2) is 6.76. The molecule has 0 aliphatic heterocycles. The minimum atomic E-state index is 0.710. The Morgan fingerprint density at radius 2 is 2.00 bits per heavy atom. The minimum Gasteiger partial charge on any atom is -0.313 e. The third kappa shape index (κ3) is 3.09. The van der Waals surface area contributed by atoms with E-state index in [4.69, 9.17) is 0 Å². The van der Waals surface area contributed by atoms with Crippen LogP contribution in [0.25, 0.3) is 0 Å². The maximum Gasteiger partial charge on any atom is 0.0138 e. The zero-order chi connectivity index (χ0) is 13.8. The highest BCUT2D eigenvalue weighted by Crippen LogP contribution is 2.39. The summed E-state index contributed by atoms with van der Waals surface area (Å²) in [5.41, 5.74) is 3.26. The summed E-state index contributed by atoms with van der Waals surface area (Å²) in [5.74, 6) is 1.76. The van der Waals surface area contributed by atoms with Crippen molar-refractivity contribution in [2.24, 2.45) is 5.92 Å². The van der Waals surface area contributed by atoms with Gasteiger partial charge in [0.2, 0.25) is 0 Å². The Bertz CT molecular complexity index is 422. The number of hydrogen-bond acceptors (Lipinski definition) is 1. The first kappa shape index (κ1) is 14.1. The van der Waals surface area contributed by atoms with Crippen molar-refractivity contribution >= 4 is 0 Å². The number of benzene rings is 1. The lowest BCUT2D eigenvalue weighted by atomic mass is 9.73. The second-order valence-corrected chi connectivity index (χ2v) is 6.79. The Kier molecular flexibility index (Phi) is 4.77. The molecule has 2 unspecified atom stereocenters. The van der Waals surface area contributed by atoms with Gasteiger partial charge >= 0.3 is 0 Å². The van der Waals surface area contributed by atoms with Crippen LogP contribution in [0.5, 0.6) is 0 Å². The predicted octanol–water partition coefficient (Wildman–Crippen LogP) is 4.66. The topological polar surface area (TPSA) is 12.0 Å². The molecule has 0 amide bonds. The van der Waals surface area contributed by atoms with E-state index in [1.165, 1.54) is 57.9 Å². The molecule has 1 N–H and O–H groups in total. The molecule has 1 aromatic rings. The van der Waals surface area contributed by atoms with Crippen molar-refractivity contribution in [1.29, 1.82) is 0 Å². The third-order valence-corrected chi connectivity index (χ3v) is 5.37. The standard InChI is InChI=1S/C19H29N/c1-2-13-20-19(14-15-7-5-8-15)18-12-6-10-16-9-3-4-11-17(16)18/h3-4,9,11,15,18-20H,2,5-8,10,12-14H2,1H3. The molecule has 0 heterocycles. The fourth-order valence-electron chi connectivity index (χ4n) is 4.02. The highest BCUT2D eigenvalue weighted by Gasteiger charge is 2.30. The lowest BCUT2D eigenvalue weighted by Gasteiger charge is -2.37. The maximum absolute atomic E-state index is 3.88. The van der Waals surface area contributed by atoms with Crippen molar-refractivity contribution in [3.8, 4) is 0 Å². The molecule has 1 heteroatoms. The van der Waals surface area contributed by atoms with Crippen LogP contribution in [0.2, 0.25) is 0 Å². The number of fused-ring (bicyclic) bond motifs is 1. The highest BCUT2D eigenvalue weighted by molar-refractivity contribution is 5.33. The summed E-state index contributed by atoms with van der Waals surface area (Å²) in [6, 6.07) is 9.89. The predicted molar refractivity (Wildman–Crippen MR) is 86.2 cm³/mol. The van der Waals surface area contributed by atoms with E-state index in [0.29, 0.717) is 6.04 Å². The molecule has 0 radical (unpaired) electrons. The van der Waals surface area contributed by atoms with Gasteiger partial charge in [-0.05, 0) is 61.6 Å². The van der Waals surface area contributed by atoms with Crippen LogP contribution in [0, 0.1) is 5.92 Å². The largest absolute Gasteiger partial charge is 0.313 e. The summed E-state index contributed by atoms with van der Waals surface area (Å²) in [7, 11) is 0. The van der Waals surface area contributed by atoms with E-state index in [9.17, 15) is 0 Å². The van der Waals surface area contributed by atoms with Crippen molar-refractivity contribution in [2.45, 2.75) is 70.3 Å². The summed E-state index contributed by atoms with van der Waals surface area (Å²) >= 11 is 0. The molecule has 0 spiro atoms. The summed E-state index contributed by atoms with van der Waals surface area (Å²) < 4.78 is 0. The second-order valence-electron chi connectivity index (χ2n) is 6.79. The normalized spacial score (nSPS) is 23.9. The third-order valence-electron chi connectivity index (χ3n) is 5.37. The molecule has 3 rings (SSSR count). The van der Waals surface area contributed by atoms with Gasteiger partial charge in [0, 0.05) is 6.04 Å². The molecule has 1 nitrogen and oxygen atoms in total. The van der Waals surface area contributed by atoms with Crippen LogP contribution < -0.4 is 5.32 Å². The SMILES string of the molecule is CCCNC(CC1CCC1)C1CCCc2ccccc21. The lowest BCUT2D eigenvalue weighted by molar-refractivity contribution is 0.237. The summed E-state index contributed by atoms with van der Waals surface area (Å²) in [6.45, 7) is 3.46. The Balaban J connectivity index is 1.75. The molecule has 110 valence electrons. The minimum absolute atomic E-state index is 0.710. The Morgan fingerprint density at radius 3 is 2.75 bits per heavy atom. The molecule has 20 heavy (non-hydrogen) atoms. The van der Waals surface area contributed by atoms with Gasteiger partial charge in [-0.1, -0.05) is 50.5 Å². The smallest absolute Gasteiger partial charge is 0.0138 e. The summed E-state index contributed by atoms with van der Waals surface area (Å²) in [5, 5.41) is 3.88. The van der Waals surface area contributed by atoms with Gasteiger partial charge in [-0.15, -0.1) is 0 Å². The zero-order valence-corrected chi connectivity index (χ0v) is 12.9. The van der Waals surface area contributed by atoms with Crippen LogP contribution in [0.3, 0.4) is 0 Å². The van der Waals surface area contributed by atoms with E-state index in [1.807, 2.05) is 0 Å². The maximum atomic E-state index is 3.88. The zero-order valence-electron chi connectivity index (χ0n) is 12.9. The van der Waals surface area contributed by atoms with E-state index < -0.39 is 0 Å². The number of nitrogens with one attached hydrogen (secondary N) is 1. The molecule has 0 saturated heterocycles. The summed E-state index contributed by atoms with van der Waals surface area (Å²) in [4.78, 5) is 0. The first-order valence-corrected chi connectivity index (χ1v) is 8.69.